The first-order valence-electron chi connectivity index (χ1n) is 5.73. The van der Waals surface area contributed by atoms with Gasteiger partial charge in [-0.15, -0.1) is 0 Å². The number of likely N-dealkylation sites (N-methyl/N-ethyl adjacent to an activating group) is 1. The average molecular weight is 236 g/mol. The standard InChI is InChI=1S/C13H20N2O2/c1-5-9-6-7-11(16)10(8-9)15-12(17)13(2,3)14-4/h6-8,14,16H,5H2,1-4H3,(H,15,17). The summed E-state index contributed by atoms with van der Waals surface area (Å²) in [5.41, 5.74) is 0.854. The number of aromatic hydroxyl groups is 1. The Labute approximate surface area is 102 Å². The molecule has 0 heterocycles. The number of hydrogen-bond donors (Lipinski definition) is 3. The van der Waals surface area contributed by atoms with Gasteiger partial charge in [-0.25, -0.2) is 0 Å². The molecule has 0 aromatic heterocycles. The van der Waals surface area contributed by atoms with Crippen molar-refractivity contribution in [3.63, 3.8) is 0 Å². The molecule has 4 nitrogen and oxygen atoms in total. The summed E-state index contributed by atoms with van der Waals surface area (Å²) in [6.45, 7) is 5.58. The molecule has 0 saturated heterocycles. The number of anilines is 1. The highest BCUT2D eigenvalue weighted by Gasteiger charge is 2.25. The van der Waals surface area contributed by atoms with Crippen LogP contribution in [0.2, 0.25) is 0 Å². The van der Waals surface area contributed by atoms with E-state index in [0.29, 0.717) is 5.69 Å². The van der Waals surface area contributed by atoms with Gasteiger partial charge in [-0.05, 0) is 45.0 Å². The minimum Gasteiger partial charge on any atom is -0.506 e. The van der Waals surface area contributed by atoms with E-state index in [1.165, 1.54) is 0 Å². The molecular weight excluding hydrogens is 216 g/mol. The zero-order valence-corrected chi connectivity index (χ0v) is 10.8. The minimum absolute atomic E-state index is 0.0856. The molecule has 0 fully saturated rings. The molecule has 3 N–H and O–H groups in total. The van der Waals surface area contributed by atoms with Crippen molar-refractivity contribution in [2.24, 2.45) is 0 Å². The monoisotopic (exact) mass is 236 g/mol. The van der Waals surface area contributed by atoms with Crippen LogP contribution in [0.4, 0.5) is 5.69 Å². The van der Waals surface area contributed by atoms with Crippen molar-refractivity contribution in [1.29, 1.82) is 0 Å². The molecule has 0 unspecified atom stereocenters. The number of amides is 1. The van der Waals surface area contributed by atoms with Gasteiger partial charge in [-0.3, -0.25) is 4.79 Å². The molecule has 0 spiro atoms. The lowest BCUT2D eigenvalue weighted by Gasteiger charge is -2.23. The molecule has 17 heavy (non-hydrogen) atoms. The first-order valence-corrected chi connectivity index (χ1v) is 5.73. The highest BCUT2D eigenvalue weighted by atomic mass is 16.3. The van der Waals surface area contributed by atoms with Gasteiger partial charge in [0.05, 0.1) is 11.2 Å². The molecule has 0 aliphatic rings. The van der Waals surface area contributed by atoms with Gasteiger partial charge >= 0.3 is 0 Å². The molecular formula is C13H20N2O2. The Balaban J connectivity index is 2.91. The Hall–Kier alpha value is -1.55. The van der Waals surface area contributed by atoms with Crippen molar-refractivity contribution in [3.05, 3.63) is 23.8 Å². The van der Waals surface area contributed by atoms with E-state index in [1.807, 2.05) is 13.0 Å². The lowest BCUT2D eigenvalue weighted by Crippen LogP contribution is -2.47. The summed E-state index contributed by atoms with van der Waals surface area (Å²) in [6.07, 6.45) is 0.860. The van der Waals surface area contributed by atoms with Crippen molar-refractivity contribution in [3.8, 4) is 5.75 Å². The number of carbonyl (C=O) groups is 1. The van der Waals surface area contributed by atoms with Crippen molar-refractivity contribution in [1.82, 2.24) is 5.32 Å². The van der Waals surface area contributed by atoms with E-state index in [9.17, 15) is 9.90 Å². The lowest BCUT2D eigenvalue weighted by atomic mass is 10.0. The maximum Gasteiger partial charge on any atom is 0.244 e. The number of hydrogen-bond acceptors (Lipinski definition) is 3. The van der Waals surface area contributed by atoms with Gasteiger partial charge in [-0.1, -0.05) is 13.0 Å². The number of aryl methyl sites for hydroxylation is 1. The minimum atomic E-state index is -0.672. The van der Waals surface area contributed by atoms with Crippen LogP contribution in [0.5, 0.6) is 5.75 Å². The quantitative estimate of drug-likeness (QED) is 0.700. The summed E-state index contributed by atoms with van der Waals surface area (Å²) >= 11 is 0. The van der Waals surface area contributed by atoms with E-state index >= 15 is 0 Å². The van der Waals surface area contributed by atoms with Crippen molar-refractivity contribution >= 4 is 11.6 Å². The van der Waals surface area contributed by atoms with Crippen LogP contribution < -0.4 is 10.6 Å². The predicted octanol–water partition coefficient (Wildman–Crippen LogP) is 1.89. The molecule has 1 rings (SSSR count). The topological polar surface area (TPSA) is 61.4 Å². The highest BCUT2D eigenvalue weighted by Crippen LogP contribution is 2.25. The van der Waals surface area contributed by atoms with Crippen molar-refractivity contribution in [2.75, 3.05) is 12.4 Å². The van der Waals surface area contributed by atoms with E-state index in [-0.39, 0.29) is 11.7 Å². The largest absolute Gasteiger partial charge is 0.506 e. The van der Waals surface area contributed by atoms with Crippen LogP contribution in [0.1, 0.15) is 26.3 Å². The van der Waals surface area contributed by atoms with Gasteiger partial charge in [0.25, 0.3) is 0 Å². The number of phenolic OH excluding ortho intramolecular Hbond substituents is 1. The van der Waals surface area contributed by atoms with Gasteiger partial charge < -0.3 is 15.7 Å². The number of carbonyl (C=O) groups excluding carboxylic acids is 1. The van der Waals surface area contributed by atoms with E-state index in [2.05, 4.69) is 10.6 Å². The molecule has 1 amide bonds. The second kappa shape index (κ2) is 5.19. The molecule has 1 aromatic carbocycles. The summed E-state index contributed by atoms with van der Waals surface area (Å²) in [7, 11) is 1.72. The fourth-order valence-corrected chi connectivity index (χ4v) is 1.30. The Kier molecular flexibility index (Phi) is 4.12. The van der Waals surface area contributed by atoms with Crippen molar-refractivity contribution in [2.45, 2.75) is 32.7 Å². The Morgan fingerprint density at radius 3 is 2.59 bits per heavy atom. The molecule has 94 valence electrons. The van der Waals surface area contributed by atoms with Gasteiger partial charge in [0.2, 0.25) is 5.91 Å². The molecule has 0 aliphatic heterocycles. The Bertz CT molecular complexity index is 414. The van der Waals surface area contributed by atoms with Crippen LogP contribution >= 0.6 is 0 Å². The zero-order chi connectivity index (χ0) is 13.1. The van der Waals surface area contributed by atoms with Crippen LogP contribution in [0.25, 0.3) is 0 Å². The lowest BCUT2D eigenvalue weighted by molar-refractivity contribution is -0.121. The SMILES string of the molecule is CCc1ccc(O)c(NC(=O)C(C)(C)NC)c1. The first kappa shape index (κ1) is 13.5. The van der Waals surface area contributed by atoms with Crippen LogP contribution in [0.15, 0.2) is 18.2 Å². The average Bonchev–Trinajstić information content (AvgIpc) is 2.31. The predicted molar refractivity (Wildman–Crippen MR) is 69.3 cm³/mol. The van der Waals surface area contributed by atoms with Crippen LogP contribution in [0, 0.1) is 0 Å². The van der Waals surface area contributed by atoms with E-state index in [0.717, 1.165) is 12.0 Å². The maximum absolute atomic E-state index is 11.9. The highest BCUT2D eigenvalue weighted by molar-refractivity contribution is 5.98. The second-order valence-electron chi connectivity index (χ2n) is 4.53. The fraction of sp³-hybridized carbons (Fsp3) is 0.462. The molecule has 4 heteroatoms. The second-order valence-corrected chi connectivity index (χ2v) is 4.53. The normalized spacial score (nSPS) is 11.3. The van der Waals surface area contributed by atoms with Crippen molar-refractivity contribution < 1.29 is 9.90 Å². The third-order valence-corrected chi connectivity index (χ3v) is 2.91. The van der Waals surface area contributed by atoms with Gasteiger partial charge in [-0.2, -0.15) is 0 Å². The van der Waals surface area contributed by atoms with E-state index < -0.39 is 5.54 Å². The molecule has 0 saturated carbocycles. The number of rotatable bonds is 4. The van der Waals surface area contributed by atoms with E-state index in [1.54, 1.807) is 33.0 Å². The van der Waals surface area contributed by atoms with Crippen LogP contribution in [0.3, 0.4) is 0 Å². The summed E-state index contributed by atoms with van der Waals surface area (Å²) in [5.74, 6) is -0.0917. The van der Waals surface area contributed by atoms with Gasteiger partial charge in [0, 0.05) is 0 Å². The number of nitrogens with one attached hydrogen (secondary N) is 2. The summed E-state index contributed by atoms with van der Waals surface area (Å²) in [4.78, 5) is 11.9. The summed E-state index contributed by atoms with van der Waals surface area (Å²) < 4.78 is 0. The molecule has 0 aliphatic carbocycles. The molecule has 0 radical (unpaired) electrons. The van der Waals surface area contributed by atoms with Gasteiger partial charge in [0.15, 0.2) is 0 Å². The maximum atomic E-state index is 11.9. The van der Waals surface area contributed by atoms with Crippen LogP contribution in [-0.2, 0) is 11.2 Å². The number of benzene rings is 1. The fourth-order valence-electron chi connectivity index (χ4n) is 1.30. The Morgan fingerprint density at radius 1 is 1.41 bits per heavy atom. The molecule has 0 atom stereocenters. The van der Waals surface area contributed by atoms with E-state index in [4.69, 9.17) is 0 Å². The smallest absolute Gasteiger partial charge is 0.244 e. The van der Waals surface area contributed by atoms with Gasteiger partial charge in [0.1, 0.15) is 5.75 Å². The van der Waals surface area contributed by atoms with Crippen LogP contribution in [-0.4, -0.2) is 23.6 Å². The molecule has 0 bridgehead atoms. The summed E-state index contributed by atoms with van der Waals surface area (Å²) in [6, 6.07) is 5.23. The molecule has 1 aromatic rings. The number of phenols is 1. The summed E-state index contributed by atoms with van der Waals surface area (Å²) in [5, 5.41) is 15.3. The Morgan fingerprint density at radius 2 is 2.06 bits per heavy atom. The third-order valence-electron chi connectivity index (χ3n) is 2.91. The zero-order valence-electron chi connectivity index (χ0n) is 10.8. The first-order chi connectivity index (χ1) is 7.90. The third kappa shape index (κ3) is 3.20.